The molecule has 0 aliphatic heterocycles. The molecule has 4 nitrogen and oxygen atoms in total. The number of methoxy groups -OCH3 is 1. The quantitative estimate of drug-likeness (QED) is 0.521. The second-order valence-electron chi connectivity index (χ2n) is 3.86. The lowest BCUT2D eigenvalue weighted by Crippen LogP contribution is -2.33. The van der Waals surface area contributed by atoms with Crippen molar-refractivity contribution in [3.05, 3.63) is 12.2 Å². The number of allylic oxidation sites excluding steroid dienone is 2. The number of ether oxygens (including phenoxy) is 1. The lowest BCUT2D eigenvalue weighted by atomic mass is 9.83. The summed E-state index contributed by atoms with van der Waals surface area (Å²) in [7, 11) is 1.30. The van der Waals surface area contributed by atoms with Gasteiger partial charge in [-0.2, -0.15) is 0 Å². The van der Waals surface area contributed by atoms with Crippen LogP contribution >= 0.6 is 0 Å². The van der Waals surface area contributed by atoms with Gasteiger partial charge in [0.25, 0.3) is 0 Å². The maximum Gasteiger partial charge on any atom is 0.310 e. The van der Waals surface area contributed by atoms with E-state index in [1.54, 1.807) is 0 Å². The van der Waals surface area contributed by atoms with Crippen LogP contribution < -0.4 is 0 Å². The molecular formula is C10H12O4. The van der Waals surface area contributed by atoms with Crippen molar-refractivity contribution in [2.75, 3.05) is 7.11 Å². The van der Waals surface area contributed by atoms with Crippen LogP contribution in [0.5, 0.6) is 0 Å². The van der Waals surface area contributed by atoms with Gasteiger partial charge in [0, 0.05) is 0 Å². The first-order valence-electron chi connectivity index (χ1n) is 4.64. The molecule has 0 saturated heterocycles. The fraction of sp³-hybridized carbons (Fsp3) is 0.600. The zero-order valence-corrected chi connectivity index (χ0v) is 7.84. The van der Waals surface area contributed by atoms with Crippen molar-refractivity contribution >= 4 is 11.9 Å². The van der Waals surface area contributed by atoms with Crippen molar-refractivity contribution in [1.82, 2.24) is 0 Å². The Kier molecular flexibility index (Phi) is 2.06. The number of fused-ring (bicyclic) bond motifs is 2. The van der Waals surface area contributed by atoms with E-state index in [0.29, 0.717) is 0 Å². The van der Waals surface area contributed by atoms with Crippen LogP contribution in [0, 0.1) is 23.7 Å². The Hall–Kier alpha value is -1.32. The molecule has 2 rings (SSSR count). The van der Waals surface area contributed by atoms with Crippen molar-refractivity contribution in [1.29, 1.82) is 0 Å². The molecule has 4 atom stereocenters. The molecule has 0 aromatic rings. The molecule has 1 N–H and O–H groups in total. The molecule has 3 unspecified atom stereocenters. The summed E-state index contributed by atoms with van der Waals surface area (Å²) in [6.45, 7) is 0. The minimum atomic E-state index is -0.891. The van der Waals surface area contributed by atoms with Crippen molar-refractivity contribution in [2.24, 2.45) is 23.7 Å². The van der Waals surface area contributed by atoms with Gasteiger partial charge in [0.15, 0.2) is 0 Å². The number of carboxylic acids is 1. The highest BCUT2D eigenvalue weighted by Crippen LogP contribution is 2.48. The number of carbonyl (C=O) groups is 2. The van der Waals surface area contributed by atoms with Gasteiger partial charge >= 0.3 is 11.9 Å². The average molecular weight is 196 g/mol. The molecule has 0 heterocycles. The smallest absolute Gasteiger partial charge is 0.310 e. The first-order valence-corrected chi connectivity index (χ1v) is 4.64. The van der Waals surface area contributed by atoms with E-state index in [0.717, 1.165) is 6.42 Å². The van der Waals surface area contributed by atoms with E-state index >= 15 is 0 Å². The summed E-state index contributed by atoms with van der Waals surface area (Å²) < 4.78 is 4.63. The molecule has 2 aliphatic rings. The first-order chi connectivity index (χ1) is 6.65. The molecule has 0 spiro atoms. The van der Waals surface area contributed by atoms with Crippen LogP contribution in [0.2, 0.25) is 0 Å². The summed E-state index contributed by atoms with van der Waals surface area (Å²) >= 11 is 0. The van der Waals surface area contributed by atoms with E-state index in [2.05, 4.69) is 4.74 Å². The van der Waals surface area contributed by atoms with Crippen molar-refractivity contribution in [3.8, 4) is 0 Å². The second-order valence-corrected chi connectivity index (χ2v) is 3.86. The summed E-state index contributed by atoms with van der Waals surface area (Å²) in [5.41, 5.74) is 0. The molecule has 0 radical (unpaired) electrons. The van der Waals surface area contributed by atoms with Crippen molar-refractivity contribution in [3.63, 3.8) is 0 Å². The molecule has 0 amide bonds. The third-order valence-electron chi connectivity index (χ3n) is 3.22. The molecule has 2 aliphatic carbocycles. The molecule has 2 bridgehead atoms. The van der Waals surface area contributed by atoms with Gasteiger partial charge in [-0.05, 0) is 18.3 Å². The summed E-state index contributed by atoms with van der Waals surface area (Å²) in [4.78, 5) is 22.4. The average Bonchev–Trinajstić information content (AvgIpc) is 2.74. The highest BCUT2D eigenvalue weighted by atomic mass is 16.5. The van der Waals surface area contributed by atoms with Crippen LogP contribution in [0.4, 0.5) is 0 Å². The van der Waals surface area contributed by atoms with Crippen molar-refractivity contribution in [2.45, 2.75) is 6.42 Å². The fourth-order valence-corrected chi connectivity index (χ4v) is 2.62. The third-order valence-corrected chi connectivity index (χ3v) is 3.22. The Balaban J connectivity index is 2.26. The van der Waals surface area contributed by atoms with E-state index in [4.69, 9.17) is 5.11 Å². The van der Waals surface area contributed by atoms with E-state index in [-0.39, 0.29) is 11.8 Å². The maximum atomic E-state index is 11.4. The Morgan fingerprint density at radius 3 is 2.36 bits per heavy atom. The molecule has 0 aromatic heterocycles. The van der Waals surface area contributed by atoms with Gasteiger partial charge < -0.3 is 9.84 Å². The van der Waals surface area contributed by atoms with E-state index in [1.807, 2.05) is 12.2 Å². The van der Waals surface area contributed by atoms with Crippen molar-refractivity contribution < 1.29 is 19.4 Å². The molecule has 1 saturated carbocycles. The predicted molar refractivity (Wildman–Crippen MR) is 47.4 cm³/mol. The Bertz CT molecular complexity index is 307. The van der Waals surface area contributed by atoms with Crippen LogP contribution in [0.3, 0.4) is 0 Å². The van der Waals surface area contributed by atoms with Gasteiger partial charge in [-0.1, -0.05) is 12.2 Å². The normalized spacial score (nSPS) is 38.6. The number of hydrogen-bond acceptors (Lipinski definition) is 3. The van der Waals surface area contributed by atoms with Crippen LogP contribution in [-0.4, -0.2) is 24.2 Å². The second kappa shape index (κ2) is 3.12. The molecule has 1 fully saturated rings. The van der Waals surface area contributed by atoms with Gasteiger partial charge in [0.1, 0.15) is 0 Å². The monoisotopic (exact) mass is 196 g/mol. The van der Waals surface area contributed by atoms with Crippen LogP contribution in [0.15, 0.2) is 12.2 Å². The van der Waals surface area contributed by atoms with Gasteiger partial charge in [-0.25, -0.2) is 0 Å². The van der Waals surface area contributed by atoms with Gasteiger partial charge in [0.05, 0.1) is 18.9 Å². The maximum absolute atomic E-state index is 11.4. The lowest BCUT2D eigenvalue weighted by molar-refractivity contribution is -0.156. The number of carbonyl (C=O) groups excluding carboxylic acids is 1. The Morgan fingerprint density at radius 1 is 1.29 bits per heavy atom. The summed E-state index contributed by atoms with van der Waals surface area (Å²) in [5.74, 6) is -2.27. The largest absolute Gasteiger partial charge is 0.481 e. The fourth-order valence-electron chi connectivity index (χ4n) is 2.62. The Labute approximate surface area is 81.6 Å². The van der Waals surface area contributed by atoms with Gasteiger partial charge in [0.2, 0.25) is 0 Å². The number of carboxylic acid groups (broad SMARTS) is 1. The van der Waals surface area contributed by atoms with Crippen LogP contribution in [0.1, 0.15) is 6.42 Å². The number of hydrogen-bond donors (Lipinski definition) is 1. The zero-order valence-electron chi connectivity index (χ0n) is 7.84. The molecule has 0 aromatic carbocycles. The van der Waals surface area contributed by atoms with Gasteiger partial charge in [-0.15, -0.1) is 0 Å². The standard InChI is InChI=1S/C10H12O4/c1-14-10(13)8-6-3-2-5(4-6)7(8)9(11)12/h2-3,5-8H,4H2,1H3,(H,11,12)/t5?,6-,7?,8?/m0/s1. The van der Waals surface area contributed by atoms with Gasteiger partial charge in [-0.3, -0.25) is 9.59 Å². The van der Waals surface area contributed by atoms with E-state index < -0.39 is 23.8 Å². The zero-order chi connectivity index (χ0) is 10.3. The molecule has 14 heavy (non-hydrogen) atoms. The molecule has 76 valence electrons. The SMILES string of the molecule is COC(=O)C1C(C(=O)O)C2C=C[C@H]1C2. The highest BCUT2D eigenvalue weighted by Gasteiger charge is 2.52. The first kappa shape index (κ1) is 9.24. The molecule has 4 heteroatoms. The summed E-state index contributed by atoms with van der Waals surface area (Å²) in [6, 6.07) is 0. The minimum Gasteiger partial charge on any atom is -0.481 e. The third kappa shape index (κ3) is 1.14. The van der Waals surface area contributed by atoms with Crippen LogP contribution in [-0.2, 0) is 14.3 Å². The summed E-state index contributed by atoms with van der Waals surface area (Å²) in [5, 5.41) is 9.01. The topological polar surface area (TPSA) is 63.6 Å². The number of rotatable bonds is 2. The van der Waals surface area contributed by atoms with E-state index in [9.17, 15) is 9.59 Å². The predicted octanol–water partition coefficient (Wildman–Crippen LogP) is 0.682. The Morgan fingerprint density at radius 2 is 1.86 bits per heavy atom. The summed E-state index contributed by atoms with van der Waals surface area (Å²) in [6.07, 6.45) is 4.62. The number of esters is 1. The lowest BCUT2D eigenvalue weighted by Gasteiger charge is -2.21. The molecular weight excluding hydrogens is 184 g/mol. The highest BCUT2D eigenvalue weighted by molar-refractivity contribution is 5.83. The van der Waals surface area contributed by atoms with Crippen LogP contribution in [0.25, 0.3) is 0 Å². The number of aliphatic carboxylic acids is 1. The van der Waals surface area contributed by atoms with E-state index in [1.165, 1.54) is 7.11 Å². The minimum absolute atomic E-state index is 0.0154.